The van der Waals surface area contributed by atoms with E-state index in [0.717, 1.165) is 32.1 Å². The van der Waals surface area contributed by atoms with E-state index in [1.165, 1.54) is 31.2 Å². The van der Waals surface area contributed by atoms with Gasteiger partial charge in [-0.25, -0.2) is 4.39 Å². The second-order valence-corrected chi connectivity index (χ2v) is 12.1. The van der Waals surface area contributed by atoms with Gasteiger partial charge in [0.05, 0.1) is 17.0 Å². The Hall–Kier alpha value is -3.19. The summed E-state index contributed by atoms with van der Waals surface area (Å²) < 4.78 is 46.6. The Morgan fingerprint density at radius 2 is 1.79 bits per heavy atom. The molecule has 2 aromatic carbocycles. The highest BCUT2D eigenvalue weighted by Crippen LogP contribution is 2.37. The molecule has 1 N–H and O–H groups in total. The van der Waals surface area contributed by atoms with Gasteiger partial charge in [-0.3, -0.25) is 9.79 Å². The molecule has 2 unspecified atom stereocenters. The molecule has 4 rings (SSSR count). The lowest BCUT2D eigenvalue weighted by Crippen LogP contribution is -2.36. The maximum atomic E-state index is 14.2. The maximum Gasteiger partial charge on any atom is 0.397 e. The molecule has 0 saturated heterocycles. The van der Waals surface area contributed by atoms with Gasteiger partial charge >= 0.3 is 6.11 Å². The fraction of sp³-hybridized carbons (Fsp3) is 0.486. The molecular formula is C35H42F3NO3. The van der Waals surface area contributed by atoms with Crippen LogP contribution in [0, 0.1) is 23.6 Å². The first-order valence-corrected chi connectivity index (χ1v) is 15.1. The number of allylic oxidation sites excluding steroid dienone is 3. The third-order valence-corrected chi connectivity index (χ3v) is 8.68. The van der Waals surface area contributed by atoms with Crippen molar-refractivity contribution < 1.29 is 27.8 Å². The summed E-state index contributed by atoms with van der Waals surface area (Å²) in [6, 6.07) is 12.4. The van der Waals surface area contributed by atoms with E-state index in [0.29, 0.717) is 41.0 Å². The molecule has 4 nitrogen and oxygen atoms in total. The summed E-state index contributed by atoms with van der Waals surface area (Å²) >= 11 is 0. The van der Waals surface area contributed by atoms with Gasteiger partial charge in [-0.15, -0.1) is 0 Å². The number of aliphatic imine (C=N–C) groups is 1. The van der Waals surface area contributed by atoms with Crippen molar-refractivity contribution in [1.29, 1.82) is 0 Å². The highest BCUT2D eigenvalue weighted by molar-refractivity contribution is 6.07. The van der Waals surface area contributed by atoms with Crippen molar-refractivity contribution in [2.75, 3.05) is 0 Å². The average molecular weight is 582 g/mol. The number of nitrogens with zero attached hydrogens (tertiary/aromatic N) is 1. The van der Waals surface area contributed by atoms with Crippen molar-refractivity contribution in [1.82, 2.24) is 0 Å². The summed E-state index contributed by atoms with van der Waals surface area (Å²) in [5.74, 6) is -0.854. The van der Waals surface area contributed by atoms with Gasteiger partial charge in [-0.2, -0.15) is 8.78 Å². The Morgan fingerprint density at radius 3 is 2.43 bits per heavy atom. The fourth-order valence-corrected chi connectivity index (χ4v) is 5.86. The topological polar surface area (TPSA) is 58.9 Å². The van der Waals surface area contributed by atoms with Crippen molar-refractivity contribution >= 4 is 17.2 Å². The number of ketones is 1. The fourth-order valence-electron chi connectivity index (χ4n) is 5.86. The summed E-state index contributed by atoms with van der Waals surface area (Å²) in [4.78, 5) is 18.8. The standard InChI is InChI=1S/C35H42F3NO3/c1-5-35(37,38)42-30-16-14-26(15-17-30)31-21-28(13-12-23(2)32(39-31)27-10-9-11-29(36)20-27)33(40)25(4)24(3)22-34(41)18-7-6-8-19-34/h9-11,13-17,20-21,23-25,41H,5-8,12,18-19,22H2,1-4H3/b28-13-,31-21?,39-32?/t23?,24-,25?/m1/s1. The molecule has 0 spiro atoms. The molecule has 0 aromatic heterocycles. The highest BCUT2D eigenvalue weighted by Gasteiger charge is 2.34. The van der Waals surface area contributed by atoms with Crippen LogP contribution in [-0.4, -0.2) is 28.3 Å². The number of halogens is 3. The van der Waals surface area contributed by atoms with E-state index in [4.69, 9.17) is 9.73 Å². The van der Waals surface area contributed by atoms with Crippen LogP contribution in [0.5, 0.6) is 5.75 Å². The summed E-state index contributed by atoms with van der Waals surface area (Å²) in [5, 5.41) is 11.1. The monoisotopic (exact) mass is 581 g/mol. The minimum absolute atomic E-state index is 0.0229. The second-order valence-electron chi connectivity index (χ2n) is 12.1. The van der Waals surface area contributed by atoms with Gasteiger partial charge < -0.3 is 9.84 Å². The number of carbonyl (C=O) groups is 1. The van der Waals surface area contributed by atoms with Crippen LogP contribution in [0.4, 0.5) is 13.2 Å². The predicted octanol–water partition coefficient (Wildman–Crippen LogP) is 8.93. The van der Waals surface area contributed by atoms with E-state index in [1.807, 2.05) is 26.8 Å². The normalized spacial score (nSPS) is 22.0. The summed E-state index contributed by atoms with van der Waals surface area (Å²) in [7, 11) is 0. The number of carbonyl (C=O) groups excluding carboxylic acids is 1. The Kier molecular flexibility index (Phi) is 10.1. The quantitative estimate of drug-likeness (QED) is 0.305. The Bertz CT molecular complexity index is 1340. The van der Waals surface area contributed by atoms with Crippen LogP contribution in [0.15, 0.2) is 71.2 Å². The second kappa shape index (κ2) is 13.4. The molecule has 1 heterocycles. The third kappa shape index (κ3) is 8.00. The smallest absolute Gasteiger partial charge is 0.397 e. The molecule has 1 aliphatic carbocycles. The van der Waals surface area contributed by atoms with Gasteiger partial charge in [0.25, 0.3) is 0 Å². The molecule has 0 bridgehead atoms. The van der Waals surface area contributed by atoms with Crippen molar-refractivity contribution in [3.8, 4) is 5.75 Å². The number of rotatable bonds is 10. The number of benzene rings is 2. The van der Waals surface area contributed by atoms with Gasteiger partial charge in [0.1, 0.15) is 11.6 Å². The van der Waals surface area contributed by atoms with Crippen LogP contribution in [-0.2, 0) is 4.79 Å². The van der Waals surface area contributed by atoms with Gasteiger partial charge in [-0.05, 0) is 79.6 Å². The third-order valence-electron chi connectivity index (χ3n) is 8.68. The molecule has 226 valence electrons. The van der Waals surface area contributed by atoms with E-state index in [2.05, 4.69) is 0 Å². The van der Waals surface area contributed by atoms with E-state index >= 15 is 0 Å². The Balaban J connectivity index is 1.69. The summed E-state index contributed by atoms with van der Waals surface area (Å²) in [6.45, 7) is 7.27. The number of Topliss-reactive ketones (excluding diaryl/α,β-unsaturated/α-hetero) is 1. The zero-order chi connectivity index (χ0) is 30.5. The lowest BCUT2D eigenvalue weighted by Gasteiger charge is -2.35. The van der Waals surface area contributed by atoms with Crippen molar-refractivity contribution in [3.05, 3.63) is 83.2 Å². The minimum atomic E-state index is -3.28. The number of ether oxygens (including phenoxy) is 1. The van der Waals surface area contributed by atoms with Crippen molar-refractivity contribution in [3.63, 3.8) is 0 Å². The first-order valence-electron chi connectivity index (χ1n) is 15.1. The van der Waals surface area contributed by atoms with Gasteiger partial charge in [0, 0.05) is 29.4 Å². The summed E-state index contributed by atoms with van der Waals surface area (Å²) in [5.41, 5.74) is 2.19. The zero-order valence-corrected chi connectivity index (χ0v) is 25.0. The molecule has 7 heteroatoms. The molecule has 3 atom stereocenters. The molecule has 0 radical (unpaired) electrons. The molecule has 2 aromatic rings. The Labute approximate surface area is 247 Å². The van der Waals surface area contributed by atoms with Crippen LogP contribution in [0.2, 0.25) is 0 Å². The van der Waals surface area contributed by atoms with Crippen LogP contribution >= 0.6 is 0 Å². The summed E-state index contributed by atoms with van der Waals surface area (Å²) in [6.07, 6.45) is 5.71. The highest BCUT2D eigenvalue weighted by atomic mass is 19.3. The maximum absolute atomic E-state index is 14.2. The first-order chi connectivity index (χ1) is 19.9. The molecule has 1 fully saturated rings. The molecule has 2 aliphatic rings. The number of aliphatic hydroxyl groups is 1. The molecule has 1 aliphatic heterocycles. The SMILES string of the molecule is CCC(F)(F)Oc1ccc(C2=C/C(C(=O)C(C)[C@H](C)CC3(O)CCCCC3)=C/CC(C)C(c3cccc(F)c3)=N2)cc1. The van der Waals surface area contributed by atoms with Crippen LogP contribution in [0.1, 0.15) is 90.2 Å². The van der Waals surface area contributed by atoms with Crippen LogP contribution < -0.4 is 4.74 Å². The number of alkyl halides is 2. The van der Waals surface area contributed by atoms with E-state index in [9.17, 15) is 23.1 Å². The molecule has 42 heavy (non-hydrogen) atoms. The predicted molar refractivity (Wildman–Crippen MR) is 161 cm³/mol. The average Bonchev–Trinajstić information content (AvgIpc) is 2.95. The number of hydrogen-bond acceptors (Lipinski definition) is 4. The molecular weight excluding hydrogens is 539 g/mol. The van der Waals surface area contributed by atoms with Crippen LogP contribution in [0.3, 0.4) is 0 Å². The first kappa shape index (κ1) is 31.7. The van der Waals surface area contributed by atoms with E-state index in [1.54, 1.807) is 30.3 Å². The van der Waals surface area contributed by atoms with Crippen molar-refractivity contribution in [2.45, 2.75) is 90.8 Å². The van der Waals surface area contributed by atoms with Crippen molar-refractivity contribution in [2.24, 2.45) is 22.7 Å². The van der Waals surface area contributed by atoms with E-state index < -0.39 is 18.1 Å². The lowest BCUT2D eigenvalue weighted by atomic mass is 9.74. The zero-order valence-electron chi connectivity index (χ0n) is 25.0. The van der Waals surface area contributed by atoms with Gasteiger partial charge in [0.2, 0.25) is 0 Å². The molecule has 1 saturated carbocycles. The van der Waals surface area contributed by atoms with Gasteiger partial charge in [-0.1, -0.05) is 65.2 Å². The molecule has 0 amide bonds. The largest absolute Gasteiger partial charge is 0.433 e. The van der Waals surface area contributed by atoms with Crippen LogP contribution in [0.25, 0.3) is 5.70 Å². The minimum Gasteiger partial charge on any atom is -0.433 e. The van der Waals surface area contributed by atoms with E-state index in [-0.39, 0.29) is 35.1 Å². The van der Waals surface area contributed by atoms with Gasteiger partial charge in [0.15, 0.2) is 5.78 Å². The lowest BCUT2D eigenvalue weighted by molar-refractivity contribution is -0.177. The number of hydrogen-bond donors (Lipinski definition) is 1. The Morgan fingerprint density at radius 1 is 1.10 bits per heavy atom.